The summed E-state index contributed by atoms with van der Waals surface area (Å²) in [5.41, 5.74) is 2.57. The van der Waals surface area contributed by atoms with Crippen molar-refractivity contribution in [3.8, 4) is 11.5 Å². The topological polar surface area (TPSA) is 158 Å². The largest absolute Gasteiger partial charge is 0.455 e. The maximum Gasteiger partial charge on any atom is 0.278 e. The first-order chi connectivity index (χ1) is 30.1. The molecule has 0 radical (unpaired) electrons. The molecule has 9 rings (SSSR count). The minimum atomic E-state index is -4.56. The number of nitro benzene ring substituents is 1. The fourth-order valence-corrected chi connectivity index (χ4v) is 10.8. The zero-order valence-electron chi connectivity index (χ0n) is 35.8. The standard InChI is InChI=1S/C46H42F4N6O7S/c1-23-20-45(2,3)54-15-7-9-27-40(54)29(23)17-32-31(33-18-30-24(22-64(60,61)62)21-46(4,5)55-16-8-10-28(41(30)55)43(33)63-42(27)32)19-34-35(37(48)39(50)38(49)36(34)47)44(57)53(6)52-51-25-11-13-26(14-12-25)56(58)59/h11-14,17-18,20-21H,7-10,15-16,19,22H2,1-6H3/p+1. The Kier molecular flexibility index (Phi) is 10.0. The van der Waals surface area contributed by atoms with Gasteiger partial charge in [0.1, 0.15) is 23.8 Å². The van der Waals surface area contributed by atoms with Crippen LogP contribution < -0.4 is 24.8 Å². The summed E-state index contributed by atoms with van der Waals surface area (Å²) in [4.78, 5) is 27.0. The predicted octanol–water partition coefficient (Wildman–Crippen LogP) is 7.92. The van der Waals surface area contributed by atoms with Crippen molar-refractivity contribution in [1.82, 2.24) is 9.58 Å². The lowest BCUT2D eigenvalue weighted by Crippen LogP contribution is -2.53. The van der Waals surface area contributed by atoms with E-state index in [-0.39, 0.29) is 22.5 Å². The number of rotatable bonds is 8. The number of halogens is 4. The average molecular weight is 900 g/mol. The number of benzene rings is 4. The molecule has 18 heteroatoms. The van der Waals surface area contributed by atoms with Gasteiger partial charge in [0.15, 0.2) is 28.8 Å². The smallest absolute Gasteiger partial charge is 0.278 e. The Hall–Kier alpha value is -6.27. The Morgan fingerprint density at radius 2 is 1.64 bits per heavy atom. The van der Waals surface area contributed by atoms with Crippen molar-refractivity contribution in [2.24, 2.45) is 10.3 Å². The van der Waals surface area contributed by atoms with Crippen LogP contribution in [0.2, 0.25) is 0 Å². The summed E-state index contributed by atoms with van der Waals surface area (Å²) >= 11 is 0. The van der Waals surface area contributed by atoms with Gasteiger partial charge in [0, 0.05) is 79.9 Å². The Bertz CT molecular complexity index is 3150. The van der Waals surface area contributed by atoms with E-state index in [9.17, 15) is 27.9 Å². The van der Waals surface area contributed by atoms with Crippen LogP contribution >= 0.6 is 0 Å². The van der Waals surface area contributed by atoms with Crippen LogP contribution in [0.5, 0.6) is 11.5 Å². The van der Waals surface area contributed by atoms with E-state index in [1.165, 1.54) is 12.1 Å². The van der Waals surface area contributed by atoms with Crippen molar-refractivity contribution < 1.29 is 45.0 Å². The Morgan fingerprint density at radius 1 is 0.953 bits per heavy atom. The zero-order chi connectivity index (χ0) is 45.9. The van der Waals surface area contributed by atoms with Gasteiger partial charge in [0.25, 0.3) is 21.7 Å². The summed E-state index contributed by atoms with van der Waals surface area (Å²) in [5, 5.41) is 20.3. The van der Waals surface area contributed by atoms with E-state index in [0.717, 1.165) is 54.5 Å². The van der Waals surface area contributed by atoms with Gasteiger partial charge in [-0.3, -0.25) is 19.5 Å². The van der Waals surface area contributed by atoms with Gasteiger partial charge in [-0.25, -0.2) is 27.1 Å². The number of carbonyl (C=O) groups excluding carboxylic acids is 1. The number of non-ortho nitro benzene ring substituents is 1. The highest BCUT2D eigenvalue weighted by Crippen LogP contribution is 2.52. The highest BCUT2D eigenvalue weighted by molar-refractivity contribution is 7.86. The summed E-state index contributed by atoms with van der Waals surface area (Å²) in [6.45, 7) is 11.5. The molecule has 0 bridgehead atoms. The molecule has 4 aromatic rings. The lowest BCUT2D eigenvalue weighted by Gasteiger charge is -2.47. The Balaban J connectivity index is 1.32. The second-order valence-electron chi connectivity index (χ2n) is 18.0. The van der Waals surface area contributed by atoms with E-state index in [0.29, 0.717) is 75.2 Å². The summed E-state index contributed by atoms with van der Waals surface area (Å²) in [6, 6.07) is 8.33. The lowest BCUT2D eigenvalue weighted by atomic mass is 9.79. The molecule has 1 N–H and O–H groups in total. The molecule has 0 saturated heterocycles. The van der Waals surface area contributed by atoms with Crippen molar-refractivity contribution in [2.45, 2.75) is 77.8 Å². The van der Waals surface area contributed by atoms with Crippen LogP contribution in [0.15, 0.2) is 58.9 Å². The predicted molar refractivity (Wildman–Crippen MR) is 231 cm³/mol. The SMILES string of the molecule is CC1=CC(C)(C)N2CCCc3c4c(cc1c32)C(Cc1c(F)c(F)c(F)c(F)c1C(=O)N(C)N=Nc1ccc([N+](=O)[O-])cc1)=c1cc2c3c(c1O4)CCC[N+]=3C(C)(C)C=C2CS(=O)(=O)O. The Labute approximate surface area is 365 Å². The molecule has 13 nitrogen and oxygen atoms in total. The summed E-state index contributed by atoms with van der Waals surface area (Å²) in [7, 11) is -3.51. The van der Waals surface area contributed by atoms with Gasteiger partial charge < -0.3 is 9.64 Å². The molecule has 64 heavy (non-hydrogen) atoms. The quantitative estimate of drug-likeness (QED) is 0.0273. The molecule has 5 aliphatic heterocycles. The normalized spacial score (nSPS) is 17.8. The lowest BCUT2D eigenvalue weighted by molar-refractivity contribution is -0.384. The van der Waals surface area contributed by atoms with Gasteiger partial charge in [-0.05, 0) is 87.1 Å². The van der Waals surface area contributed by atoms with Crippen LogP contribution in [0.3, 0.4) is 0 Å². The maximum absolute atomic E-state index is 16.6. The van der Waals surface area contributed by atoms with Gasteiger partial charge in [0.05, 0.1) is 38.5 Å². The van der Waals surface area contributed by atoms with E-state index >= 15 is 17.6 Å². The average Bonchev–Trinajstić information content (AvgIpc) is 3.23. The third-order valence-corrected chi connectivity index (χ3v) is 13.6. The molecule has 0 aliphatic carbocycles. The van der Waals surface area contributed by atoms with Gasteiger partial charge >= 0.3 is 0 Å². The summed E-state index contributed by atoms with van der Waals surface area (Å²) < 4.78 is 108. The molecule has 0 fully saturated rings. The van der Waals surface area contributed by atoms with Crippen LogP contribution in [0.1, 0.15) is 91.2 Å². The molecule has 0 spiro atoms. The summed E-state index contributed by atoms with van der Waals surface area (Å²) in [6.07, 6.45) is 5.73. The van der Waals surface area contributed by atoms with Gasteiger partial charge in [-0.1, -0.05) is 11.3 Å². The van der Waals surface area contributed by atoms with E-state index in [1.807, 2.05) is 26.8 Å². The first kappa shape index (κ1) is 43.0. The first-order valence-electron chi connectivity index (χ1n) is 20.7. The van der Waals surface area contributed by atoms with Gasteiger partial charge in [0.2, 0.25) is 5.36 Å². The van der Waals surface area contributed by atoms with Gasteiger partial charge in [-0.15, -0.1) is 5.11 Å². The van der Waals surface area contributed by atoms with Crippen molar-refractivity contribution in [1.29, 1.82) is 0 Å². The van der Waals surface area contributed by atoms with Crippen LogP contribution in [0, 0.1) is 33.4 Å². The van der Waals surface area contributed by atoms with Crippen molar-refractivity contribution in [2.75, 3.05) is 30.8 Å². The number of fused-ring (bicyclic) bond motifs is 4. The van der Waals surface area contributed by atoms with Crippen LogP contribution in [-0.4, -0.2) is 65.8 Å². The third kappa shape index (κ3) is 6.88. The van der Waals surface area contributed by atoms with Crippen molar-refractivity contribution >= 4 is 49.8 Å². The Morgan fingerprint density at radius 3 is 2.33 bits per heavy atom. The zero-order valence-corrected chi connectivity index (χ0v) is 36.6. The van der Waals surface area contributed by atoms with E-state index < -0.39 is 73.1 Å². The van der Waals surface area contributed by atoms with Crippen molar-refractivity contribution in [3.05, 3.63) is 131 Å². The van der Waals surface area contributed by atoms with Crippen molar-refractivity contribution in [3.63, 3.8) is 0 Å². The molecule has 0 unspecified atom stereocenters. The fraction of sp³-hybridized carbons (Fsp3) is 0.348. The highest BCUT2D eigenvalue weighted by Gasteiger charge is 2.43. The number of carbonyl (C=O) groups is 1. The molecule has 4 aromatic carbocycles. The molecule has 1 amide bonds. The van der Waals surface area contributed by atoms with Crippen LogP contribution in [0.4, 0.5) is 34.6 Å². The second-order valence-corrected chi connectivity index (χ2v) is 19.4. The van der Waals surface area contributed by atoms with Crippen LogP contribution in [-0.2, 0) is 29.4 Å². The number of amides is 1. The summed E-state index contributed by atoms with van der Waals surface area (Å²) in [5.74, 6) is -9.41. The molecule has 5 aliphatic rings. The molecule has 0 aromatic heterocycles. The maximum atomic E-state index is 16.6. The number of nitrogens with zero attached hydrogens (tertiary/aromatic N) is 6. The number of hydrogen-bond donors (Lipinski definition) is 1. The molecule has 5 heterocycles. The number of nitro groups is 1. The second kappa shape index (κ2) is 14.9. The number of hydrogen-bond acceptors (Lipinski definition) is 9. The van der Waals surface area contributed by atoms with E-state index in [2.05, 4.69) is 39.7 Å². The van der Waals surface area contributed by atoms with E-state index in [1.54, 1.807) is 12.1 Å². The van der Waals surface area contributed by atoms with Gasteiger partial charge in [-0.2, -0.15) is 8.42 Å². The van der Waals surface area contributed by atoms with E-state index in [4.69, 9.17) is 4.74 Å². The number of ether oxygens (including phenoxy) is 1. The first-order valence-corrected chi connectivity index (χ1v) is 22.3. The number of allylic oxidation sites excluding steroid dienone is 1. The number of anilines is 1. The molecular formula is C46H43F4N6O7S+. The monoisotopic (exact) mass is 899 g/mol. The minimum Gasteiger partial charge on any atom is -0.455 e. The molecule has 0 saturated carbocycles. The minimum absolute atomic E-state index is 0.0589. The fourth-order valence-electron chi connectivity index (χ4n) is 10.2. The highest BCUT2D eigenvalue weighted by atomic mass is 32.2. The molecule has 0 atom stereocenters. The molecule has 332 valence electrons. The molecular weight excluding hydrogens is 857 g/mol. The van der Waals surface area contributed by atoms with Crippen LogP contribution in [0.25, 0.3) is 16.7 Å². The third-order valence-electron chi connectivity index (χ3n) is 12.9.